The van der Waals surface area contributed by atoms with Crippen LogP contribution in [0.1, 0.15) is 11.9 Å². The Hall–Kier alpha value is -2.84. The summed E-state index contributed by atoms with van der Waals surface area (Å²) in [7, 11) is 1.83. The molecule has 0 spiro atoms. The first-order chi connectivity index (χ1) is 12.5. The number of hydrogen-bond acceptors (Lipinski definition) is 6. The predicted molar refractivity (Wildman–Crippen MR) is 102 cm³/mol. The van der Waals surface area contributed by atoms with Crippen LogP contribution in [-0.4, -0.2) is 33.8 Å². The van der Waals surface area contributed by atoms with Crippen LogP contribution in [0.25, 0.3) is 10.2 Å². The fourth-order valence-electron chi connectivity index (χ4n) is 2.51. The molecule has 0 fully saturated rings. The van der Waals surface area contributed by atoms with Gasteiger partial charge >= 0.3 is 0 Å². The van der Waals surface area contributed by atoms with Gasteiger partial charge in [-0.05, 0) is 32.2 Å². The van der Waals surface area contributed by atoms with Gasteiger partial charge in [-0.25, -0.2) is 4.98 Å². The number of likely N-dealkylation sites (N-methyl/N-ethyl adjacent to an activating group) is 1. The highest BCUT2D eigenvalue weighted by Crippen LogP contribution is 2.25. The lowest BCUT2D eigenvalue weighted by Gasteiger charge is -2.22. The quantitative estimate of drug-likeness (QED) is 0.528. The Balaban J connectivity index is 1.69. The van der Waals surface area contributed by atoms with Crippen molar-refractivity contribution < 1.29 is 9.72 Å². The molecule has 1 N–H and O–H groups in total. The predicted octanol–water partition coefficient (Wildman–Crippen LogP) is 3.66. The number of aromatic nitrogens is 1. The fourth-order valence-corrected chi connectivity index (χ4v) is 3.54. The number of para-hydroxylation sites is 3. The standard InChI is InChI=1S/C18H18N4O3S/c1-12(18(23)20-13-7-3-5-9-15(13)22(24)25)21(2)11-17-19-14-8-4-6-10-16(14)26-17/h3-10,12H,11H2,1-2H3,(H,20,23). The Morgan fingerprint density at radius 2 is 1.96 bits per heavy atom. The number of carbonyl (C=O) groups is 1. The summed E-state index contributed by atoms with van der Waals surface area (Å²) < 4.78 is 1.10. The van der Waals surface area contributed by atoms with E-state index in [4.69, 9.17) is 0 Å². The van der Waals surface area contributed by atoms with Gasteiger partial charge in [0.25, 0.3) is 5.69 Å². The van der Waals surface area contributed by atoms with Gasteiger partial charge in [0.1, 0.15) is 10.7 Å². The molecule has 3 aromatic rings. The van der Waals surface area contributed by atoms with Crippen molar-refractivity contribution in [2.24, 2.45) is 0 Å². The highest BCUT2D eigenvalue weighted by Gasteiger charge is 2.22. The summed E-state index contributed by atoms with van der Waals surface area (Å²) in [4.78, 5) is 29.5. The van der Waals surface area contributed by atoms with Crippen molar-refractivity contribution in [3.63, 3.8) is 0 Å². The Kier molecular flexibility index (Phi) is 5.24. The molecule has 0 saturated carbocycles. The zero-order valence-corrected chi connectivity index (χ0v) is 15.2. The van der Waals surface area contributed by atoms with Gasteiger partial charge in [0.15, 0.2) is 0 Å². The second-order valence-corrected chi connectivity index (χ2v) is 7.05. The minimum Gasteiger partial charge on any atom is -0.319 e. The van der Waals surface area contributed by atoms with E-state index in [0.717, 1.165) is 15.2 Å². The van der Waals surface area contributed by atoms with Crippen LogP contribution in [0.3, 0.4) is 0 Å². The van der Waals surface area contributed by atoms with Gasteiger partial charge in [-0.3, -0.25) is 19.8 Å². The van der Waals surface area contributed by atoms with Crippen LogP contribution in [-0.2, 0) is 11.3 Å². The van der Waals surface area contributed by atoms with Crippen molar-refractivity contribution in [3.05, 3.63) is 63.7 Å². The number of thiazole rings is 1. The number of benzene rings is 2. The summed E-state index contributed by atoms with van der Waals surface area (Å²) in [6.45, 7) is 2.28. The lowest BCUT2D eigenvalue weighted by Crippen LogP contribution is -2.39. The van der Waals surface area contributed by atoms with E-state index in [1.807, 2.05) is 36.2 Å². The first kappa shape index (κ1) is 18.0. The SMILES string of the molecule is CC(C(=O)Nc1ccccc1[N+](=O)[O-])N(C)Cc1nc2ccccc2s1. The van der Waals surface area contributed by atoms with Gasteiger partial charge < -0.3 is 5.32 Å². The number of nitro benzene ring substituents is 1. The maximum atomic E-state index is 12.5. The second-order valence-electron chi connectivity index (χ2n) is 5.93. The molecule has 0 aliphatic heterocycles. The van der Waals surface area contributed by atoms with Crippen molar-refractivity contribution in [2.75, 3.05) is 12.4 Å². The van der Waals surface area contributed by atoms with Gasteiger partial charge in [-0.15, -0.1) is 11.3 Å². The number of nitro groups is 1. The van der Waals surface area contributed by atoms with Crippen LogP contribution in [0.4, 0.5) is 11.4 Å². The van der Waals surface area contributed by atoms with E-state index in [1.165, 1.54) is 12.1 Å². The number of rotatable bonds is 6. The maximum Gasteiger partial charge on any atom is 0.292 e. The number of carbonyl (C=O) groups excluding carboxylic acids is 1. The number of hydrogen-bond donors (Lipinski definition) is 1. The lowest BCUT2D eigenvalue weighted by molar-refractivity contribution is -0.383. The van der Waals surface area contributed by atoms with E-state index in [0.29, 0.717) is 6.54 Å². The highest BCUT2D eigenvalue weighted by molar-refractivity contribution is 7.18. The monoisotopic (exact) mass is 370 g/mol. The van der Waals surface area contributed by atoms with E-state index < -0.39 is 11.0 Å². The van der Waals surface area contributed by atoms with E-state index >= 15 is 0 Å². The lowest BCUT2D eigenvalue weighted by atomic mass is 10.2. The minimum absolute atomic E-state index is 0.123. The fraction of sp³-hybridized carbons (Fsp3) is 0.222. The Morgan fingerprint density at radius 1 is 1.27 bits per heavy atom. The molecule has 1 unspecified atom stereocenters. The van der Waals surface area contributed by atoms with E-state index in [2.05, 4.69) is 10.3 Å². The van der Waals surface area contributed by atoms with Crippen LogP contribution in [0.2, 0.25) is 0 Å². The number of nitrogens with zero attached hydrogens (tertiary/aromatic N) is 3. The summed E-state index contributed by atoms with van der Waals surface area (Å²) in [5.41, 5.74) is 1.02. The minimum atomic E-state index is -0.509. The van der Waals surface area contributed by atoms with Crippen molar-refractivity contribution in [2.45, 2.75) is 19.5 Å². The first-order valence-corrected chi connectivity index (χ1v) is 8.86. The molecule has 1 amide bonds. The normalized spacial score (nSPS) is 12.3. The third-order valence-electron chi connectivity index (χ3n) is 4.12. The Morgan fingerprint density at radius 3 is 2.69 bits per heavy atom. The van der Waals surface area contributed by atoms with E-state index in [9.17, 15) is 14.9 Å². The first-order valence-electron chi connectivity index (χ1n) is 8.04. The second kappa shape index (κ2) is 7.59. The molecule has 3 rings (SSSR count). The van der Waals surface area contributed by atoms with Crippen molar-refractivity contribution in [1.82, 2.24) is 9.88 Å². The van der Waals surface area contributed by atoms with Crippen LogP contribution in [0.5, 0.6) is 0 Å². The van der Waals surface area contributed by atoms with Gasteiger partial charge in [0, 0.05) is 6.07 Å². The molecule has 2 aromatic carbocycles. The van der Waals surface area contributed by atoms with Crippen LogP contribution in [0.15, 0.2) is 48.5 Å². The summed E-state index contributed by atoms with van der Waals surface area (Å²) in [5.74, 6) is -0.303. The van der Waals surface area contributed by atoms with Crippen molar-refractivity contribution in [3.8, 4) is 0 Å². The molecule has 1 heterocycles. The summed E-state index contributed by atoms with van der Waals surface area (Å²) >= 11 is 1.59. The smallest absolute Gasteiger partial charge is 0.292 e. The van der Waals surface area contributed by atoms with Gasteiger partial charge in [0.2, 0.25) is 5.91 Å². The van der Waals surface area contributed by atoms with Crippen molar-refractivity contribution >= 4 is 38.8 Å². The van der Waals surface area contributed by atoms with Crippen molar-refractivity contribution in [1.29, 1.82) is 0 Å². The highest BCUT2D eigenvalue weighted by atomic mass is 32.1. The van der Waals surface area contributed by atoms with Gasteiger partial charge in [-0.2, -0.15) is 0 Å². The van der Waals surface area contributed by atoms with Crippen LogP contribution < -0.4 is 5.32 Å². The third kappa shape index (κ3) is 3.87. The Bertz CT molecular complexity index is 923. The Labute approximate surface area is 154 Å². The zero-order valence-electron chi connectivity index (χ0n) is 14.4. The zero-order chi connectivity index (χ0) is 18.7. The average Bonchev–Trinajstić information content (AvgIpc) is 3.03. The molecule has 134 valence electrons. The molecule has 8 heteroatoms. The average molecular weight is 370 g/mol. The van der Waals surface area contributed by atoms with Gasteiger partial charge in [-0.1, -0.05) is 24.3 Å². The third-order valence-corrected chi connectivity index (χ3v) is 5.14. The largest absolute Gasteiger partial charge is 0.319 e. The molecule has 0 saturated heterocycles. The maximum absolute atomic E-state index is 12.5. The molecular formula is C18H18N4O3S. The summed E-state index contributed by atoms with van der Waals surface area (Å²) in [6, 6.07) is 13.5. The number of nitrogens with one attached hydrogen (secondary N) is 1. The molecule has 0 aliphatic rings. The molecule has 0 aliphatic carbocycles. The van der Waals surface area contributed by atoms with Crippen LogP contribution >= 0.6 is 11.3 Å². The molecule has 1 atom stereocenters. The molecule has 1 aromatic heterocycles. The topological polar surface area (TPSA) is 88.4 Å². The molecule has 0 radical (unpaired) electrons. The molecule has 0 bridgehead atoms. The molecule has 26 heavy (non-hydrogen) atoms. The summed E-state index contributed by atoms with van der Waals surface area (Å²) in [5, 5.41) is 14.6. The number of fused-ring (bicyclic) bond motifs is 1. The summed E-state index contributed by atoms with van der Waals surface area (Å²) in [6.07, 6.45) is 0. The number of anilines is 1. The number of amides is 1. The van der Waals surface area contributed by atoms with E-state index in [-0.39, 0.29) is 17.3 Å². The van der Waals surface area contributed by atoms with E-state index in [1.54, 1.807) is 30.4 Å². The molecule has 7 nitrogen and oxygen atoms in total. The van der Waals surface area contributed by atoms with Gasteiger partial charge in [0.05, 0.1) is 27.7 Å². The molecular weight excluding hydrogens is 352 g/mol. The van der Waals surface area contributed by atoms with Crippen LogP contribution in [0, 0.1) is 10.1 Å².